The number of hydrogen-bond donors (Lipinski definition) is 1. The summed E-state index contributed by atoms with van der Waals surface area (Å²) >= 11 is 5.64. The minimum atomic E-state index is -1.63. The van der Waals surface area contributed by atoms with E-state index in [1.54, 1.807) is 0 Å². The van der Waals surface area contributed by atoms with E-state index in [1.165, 1.54) is 18.2 Å². The van der Waals surface area contributed by atoms with Gasteiger partial charge in [0.1, 0.15) is 0 Å². The second-order valence-electron chi connectivity index (χ2n) is 2.96. The first-order valence-electron chi connectivity index (χ1n) is 4.31. The SMILES string of the molecule is O=C(O)C(=O)/C=C/c1cc(Cl)ccc1[N+](=O)[O-]. The lowest BCUT2D eigenvalue weighted by Crippen LogP contribution is -2.08. The van der Waals surface area contributed by atoms with E-state index in [0.717, 1.165) is 12.2 Å². The molecule has 0 aliphatic rings. The zero-order valence-corrected chi connectivity index (χ0v) is 9.05. The lowest BCUT2D eigenvalue weighted by molar-refractivity contribution is -0.385. The van der Waals surface area contributed by atoms with Gasteiger partial charge in [-0.3, -0.25) is 14.9 Å². The Kier molecular flexibility index (Phi) is 3.95. The summed E-state index contributed by atoms with van der Waals surface area (Å²) in [6.45, 7) is 0. The molecule has 0 saturated heterocycles. The quantitative estimate of drug-likeness (QED) is 0.384. The predicted octanol–water partition coefficient (Wildman–Crippen LogP) is 1.92. The summed E-state index contributed by atoms with van der Waals surface area (Å²) < 4.78 is 0. The van der Waals surface area contributed by atoms with Crippen molar-refractivity contribution >= 4 is 35.1 Å². The molecule has 6 nitrogen and oxygen atoms in total. The van der Waals surface area contributed by atoms with E-state index >= 15 is 0 Å². The van der Waals surface area contributed by atoms with E-state index in [4.69, 9.17) is 16.7 Å². The number of nitro groups is 1. The van der Waals surface area contributed by atoms with Crippen LogP contribution in [0.3, 0.4) is 0 Å². The molecule has 0 unspecified atom stereocenters. The van der Waals surface area contributed by atoms with Crippen molar-refractivity contribution in [3.05, 3.63) is 45.0 Å². The molecule has 1 aromatic carbocycles. The summed E-state index contributed by atoms with van der Waals surface area (Å²) in [6, 6.07) is 3.77. The van der Waals surface area contributed by atoms with Gasteiger partial charge >= 0.3 is 5.97 Å². The number of benzene rings is 1. The second-order valence-corrected chi connectivity index (χ2v) is 3.40. The third kappa shape index (κ3) is 3.39. The standard InChI is InChI=1S/C10H6ClNO5/c11-7-2-3-8(12(16)17)6(5-7)1-4-9(13)10(14)15/h1-5H,(H,14,15)/b4-1+. The molecule has 0 aromatic heterocycles. The molecule has 0 radical (unpaired) electrons. The van der Waals surface area contributed by atoms with Gasteiger partial charge in [0.15, 0.2) is 0 Å². The summed E-state index contributed by atoms with van der Waals surface area (Å²) in [5.74, 6) is -2.80. The molecule has 0 fully saturated rings. The molecule has 88 valence electrons. The number of carboxylic acids is 1. The first-order valence-corrected chi connectivity index (χ1v) is 4.69. The summed E-state index contributed by atoms with van der Waals surface area (Å²) in [5.41, 5.74) is -0.194. The normalized spacial score (nSPS) is 10.4. The van der Waals surface area contributed by atoms with Crippen LogP contribution >= 0.6 is 11.6 Å². The summed E-state index contributed by atoms with van der Waals surface area (Å²) in [6.07, 6.45) is 1.78. The molecule has 0 aliphatic heterocycles. The van der Waals surface area contributed by atoms with Crippen LogP contribution in [0.1, 0.15) is 5.56 Å². The molecule has 0 bridgehead atoms. The van der Waals surface area contributed by atoms with Gasteiger partial charge in [0.05, 0.1) is 10.5 Å². The van der Waals surface area contributed by atoms with Crippen LogP contribution in [0.4, 0.5) is 5.69 Å². The maximum Gasteiger partial charge on any atom is 0.376 e. The third-order valence-electron chi connectivity index (χ3n) is 1.81. The zero-order valence-electron chi connectivity index (χ0n) is 8.29. The highest BCUT2D eigenvalue weighted by atomic mass is 35.5. The molecule has 1 N–H and O–H groups in total. The Morgan fingerprint density at radius 2 is 2.06 bits per heavy atom. The molecule has 17 heavy (non-hydrogen) atoms. The molecule has 0 amide bonds. The summed E-state index contributed by atoms with van der Waals surface area (Å²) in [5, 5.41) is 19.2. The summed E-state index contributed by atoms with van der Waals surface area (Å²) in [4.78, 5) is 31.0. The molecular formula is C10H6ClNO5. The highest BCUT2D eigenvalue weighted by Crippen LogP contribution is 2.23. The van der Waals surface area contributed by atoms with Crippen LogP contribution in [0.2, 0.25) is 5.02 Å². The Bertz CT molecular complexity index is 523. The van der Waals surface area contributed by atoms with Crippen LogP contribution in [-0.2, 0) is 9.59 Å². The average Bonchev–Trinajstić information content (AvgIpc) is 2.25. The largest absolute Gasteiger partial charge is 0.475 e. The van der Waals surface area contributed by atoms with Crippen molar-refractivity contribution in [1.82, 2.24) is 0 Å². The molecule has 0 heterocycles. The van der Waals surface area contributed by atoms with E-state index in [9.17, 15) is 19.7 Å². The number of halogens is 1. The number of aliphatic carboxylic acids is 1. The van der Waals surface area contributed by atoms with Crippen molar-refractivity contribution in [2.75, 3.05) is 0 Å². The maximum absolute atomic E-state index is 10.8. The van der Waals surface area contributed by atoms with Crippen LogP contribution < -0.4 is 0 Å². The first-order chi connectivity index (χ1) is 7.91. The minimum absolute atomic E-state index is 0.0668. The van der Waals surface area contributed by atoms with Crippen LogP contribution in [0.15, 0.2) is 24.3 Å². The lowest BCUT2D eigenvalue weighted by atomic mass is 10.1. The van der Waals surface area contributed by atoms with Gasteiger partial charge in [-0.25, -0.2) is 4.79 Å². The van der Waals surface area contributed by atoms with Crippen LogP contribution in [0.25, 0.3) is 6.08 Å². The highest BCUT2D eigenvalue weighted by Gasteiger charge is 2.13. The maximum atomic E-state index is 10.8. The average molecular weight is 256 g/mol. The molecule has 0 saturated carbocycles. The van der Waals surface area contributed by atoms with E-state index in [1.807, 2.05) is 0 Å². The summed E-state index contributed by atoms with van der Waals surface area (Å²) in [7, 11) is 0. The van der Waals surface area contributed by atoms with E-state index in [-0.39, 0.29) is 16.3 Å². The first kappa shape index (κ1) is 12.9. The molecule has 0 aliphatic carbocycles. The van der Waals surface area contributed by atoms with Gasteiger partial charge in [-0.1, -0.05) is 11.6 Å². The molecule has 7 heteroatoms. The number of rotatable bonds is 4. The van der Waals surface area contributed by atoms with Crippen LogP contribution in [-0.4, -0.2) is 21.8 Å². The van der Waals surface area contributed by atoms with Gasteiger partial charge in [-0.2, -0.15) is 0 Å². The van der Waals surface area contributed by atoms with Gasteiger partial charge < -0.3 is 5.11 Å². The van der Waals surface area contributed by atoms with Gasteiger partial charge in [-0.05, 0) is 24.3 Å². The highest BCUT2D eigenvalue weighted by molar-refractivity contribution is 6.38. The third-order valence-corrected chi connectivity index (χ3v) is 2.05. The Hall–Kier alpha value is -2.21. The minimum Gasteiger partial charge on any atom is -0.475 e. The van der Waals surface area contributed by atoms with Crippen molar-refractivity contribution in [2.24, 2.45) is 0 Å². The fourth-order valence-electron chi connectivity index (χ4n) is 1.06. The zero-order chi connectivity index (χ0) is 13.0. The number of carbonyl (C=O) groups excluding carboxylic acids is 1. The van der Waals surface area contributed by atoms with Crippen molar-refractivity contribution in [3.63, 3.8) is 0 Å². The number of hydrogen-bond acceptors (Lipinski definition) is 4. The van der Waals surface area contributed by atoms with Crippen molar-refractivity contribution in [1.29, 1.82) is 0 Å². The molecule has 0 atom stereocenters. The van der Waals surface area contributed by atoms with Gasteiger partial charge in [-0.15, -0.1) is 0 Å². The second kappa shape index (κ2) is 5.22. The van der Waals surface area contributed by atoms with Gasteiger partial charge in [0.25, 0.3) is 11.5 Å². The number of carbonyl (C=O) groups is 2. The van der Waals surface area contributed by atoms with Crippen molar-refractivity contribution in [2.45, 2.75) is 0 Å². The predicted molar refractivity (Wildman–Crippen MR) is 59.8 cm³/mol. The van der Waals surface area contributed by atoms with Crippen LogP contribution in [0.5, 0.6) is 0 Å². The topological polar surface area (TPSA) is 97.5 Å². The fourth-order valence-corrected chi connectivity index (χ4v) is 1.24. The molecule has 1 aromatic rings. The Morgan fingerprint density at radius 3 is 2.59 bits per heavy atom. The van der Waals surface area contributed by atoms with Gasteiger partial charge in [0.2, 0.25) is 0 Å². The van der Waals surface area contributed by atoms with Gasteiger partial charge in [0, 0.05) is 11.1 Å². The van der Waals surface area contributed by atoms with Crippen molar-refractivity contribution < 1.29 is 19.6 Å². The number of ketones is 1. The van der Waals surface area contributed by atoms with E-state index in [0.29, 0.717) is 0 Å². The fraction of sp³-hybridized carbons (Fsp3) is 0. The monoisotopic (exact) mass is 255 g/mol. The number of nitrogens with zero attached hydrogens (tertiary/aromatic N) is 1. The Labute approximate surface area is 100 Å². The molecular weight excluding hydrogens is 250 g/mol. The Morgan fingerprint density at radius 1 is 1.41 bits per heavy atom. The number of carboxylic acid groups (broad SMARTS) is 1. The number of nitro benzene ring substituents is 1. The smallest absolute Gasteiger partial charge is 0.376 e. The van der Waals surface area contributed by atoms with E-state index in [2.05, 4.69) is 0 Å². The van der Waals surface area contributed by atoms with Crippen molar-refractivity contribution in [3.8, 4) is 0 Å². The molecule has 0 spiro atoms. The Balaban J connectivity index is 3.12. The van der Waals surface area contributed by atoms with E-state index < -0.39 is 16.7 Å². The molecule has 1 rings (SSSR count). The van der Waals surface area contributed by atoms with Crippen LogP contribution in [0, 0.1) is 10.1 Å². The lowest BCUT2D eigenvalue weighted by Gasteiger charge is -1.97.